The van der Waals surface area contributed by atoms with E-state index in [1.165, 1.54) is 17.3 Å². The van der Waals surface area contributed by atoms with Gasteiger partial charge in [-0.1, -0.05) is 42.1 Å². The van der Waals surface area contributed by atoms with Gasteiger partial charge in [0.25, 0.3) is 0 Å². The summed E-state index contributed by atoms with van der Waals surface area (Å²) in [6, 6.07) is 12.2. The van der Waals surface area contributed by atoms with E-state index in [1.807, 2.05) is 54.0 Å². The Morgan fingerprint density at radius 1 is 1.06 bits per heavy atom. The highest BCUT2D eigenvalue weighted by atomic mass is 32.2. The minimum Gasteiger partial charge on any atom is -0.342 e. The van der Waals surface area contributed by atoms with Crippen molar-refractivity contribution in [2.45, 2.75) is 30.5 Å². The molecule has 2 amide bonds. The van der Waals surface area contributed by atoms with Crippen molar-refractivity contribution < 1.29 is 9.59 Å². The Labute approximate surface area is 195 Å². The number of thioether (sulfide) groups is 1. The summed E-state index contributed by atoms with van der Waals surface area (Å²) < 4.78 is 0. The van der Waals surface area contributed by atoms with E-state index < -0.39 is 0 Å². The first kappa shape index (κ1) is 24.2. The van der Waals surface area contributed by atoms with Crippen LogP contribution in [0.3, 0.4) is 0 Å². The van der Waals surface area contributed by atoms with Crippen LogP contribution in [0.25, 0.3) is 0 Å². The maximum Gasteiger partial charge on any atom is 0.236 e. The summed E-state index contributed by atoms with van der Waals surface area (Å²) in [6.07, 6.45) is 6.00. The Kier molecular flexibility index (Phi) is 9.05. The van der Waals surface area contributed by atoms with Crippen molar-refractivity contribution in [2.75, 3.05) is 46.5 Å². The number of carbonyl (C=O) groups excluding carboxylic acids is 2. The Morgan fingerprint density at radius 3 is 2.34 bits per heavy atom. The molecule has 1 aliphatic rings. The second-order valence-electron chi connectivity index (χ2n) is 8.54. The highest BCUT2D eigenvalue weighted by molar-refractivity contribution is 7.99. The van der Waals surface area contributed by atoms with Gasteiger partial charge in [-0.05, 0) is 50.9 Å². The zero-order chi connectivity index (χ0) is 22.9. The second kappa shape index (κ2) is 12.0. The topological polar surface area (TPSA) is 69.6 Å². The molecule has 172 valence electrons. The third-order valence-electron chi connectivity index (χ3n) is 5.93. The van der Waals surface area contributed by atoms with Crippen LogP contribution < -0.4 is 0 Å². The maximum absolute atomic E-state index is 12.8. The van der Waals surface area contributed by atoms with Gasteiger partial charge >= 0.3 is 0 Å². The number of rotatable bonds is 9. The molecule has 1 aromatic carbocycles. The molecule has 0 saturated carbocycles. The van der Waals surface area contributed by atoms with Crippen molar-refractivity contribution in [1.82, 2.24) is 24.7 Å². The van der Waals surface area contributed by atoms with Gasteiger partial charge < -0.3 is 14.7 Å². The number of aromatic nitrogens is 2. The molecule has 1 fully saturated rings. The Bertz CT molecular complexity index is 857. The molecule has 1 saturated heterocycles. The van der Waals surface area contributed by atoms with Crippen LogP contribution in [-0.4, -0.2) is 89.1 Å². The molecule has 1 aromatic heterocycles. The van der Waals surface area contributed by atoms with Crippen LogP contribution in [0, 0.1) is 5.92 Å². The number of benzene rings is 1. The van der Waals surface area contributed by atoms with Gasteiger partial charge in [0.2, 0.25) is 11.8 Å². The average molecular weight is 456 g/mol. The summed E-state index contributed by atoms with van der Waals surface area (Å²) in [4.78, 5) is 39.6. The fourth-order valence-electron chi connectivity index (χ4n) is 4.15. The van der Waals surface area contributed by atoms with Gasteiger partial charge in [-0.25, -0.2) is 9.97 Å². The summed E-state index contributed by atoms with van der Waals surface area (Å²) in [5, 5.41) is 0.625. The van der Waals surface area contributed by atoms with Gasteiger partial charge in [0.1, 0.15) is 0 Å². The van der Waals surface area contributed by atoms with E-state index in [9.17, 15) is 9.59 Å². The summed E-state index contributed by atoms with van der Waals surface area (Å²) in [5.74, 6) is 0.968. The molecule has 32 heavy (non-hydrogen) atoms. The molecule has 0 unspecified atom stereocenters. The van der Waals surface area contributed by atoms with E-state index in [0.717, 1.165) is 32.4 Å². The molecule has 8 heteroatoms. The Balaban J connectivity index is 1.60. The van der Waals surface area contributed by atoms with E-state index in [0.29, 0.717) is 23.4 Å². The number of likely N-dealkylation sites (tertiary alicyclic amines) is 1. The number of nitrogens with zero attached hydrogens (tertiary/aromatic N) is 5. The normalized spacial score (nSPS) is 15.6. The smallest absolute Gasteiger partial charge is 0.236 e. The highest BCUT2D eigenvalue weighted by Gasteiger charge is 2.32. The molecule has 0 N–H and O–H groups in total. The van der Waals surface area contributed by atoms with Crippen molar-refractivity contribution in [3.63, 3.8) is 0 Å². The van der Waals surface area contributed by atoms with E-state index >= 15 is 0 Å². The monoisotopic (exact) mass is 455 g/mol. The molecular formula is C24H33N5O2S. The Morgan fingerprint density at radius 2 is 1.72 bits per heavy atom. The van der Waals surface area contributed by atoms with Crippen molar-refractivity contribution in [2.24, 2.45) is 5.92 Å². The lowest BCUT2D eigenvalue weighted by Crippen LogP contribution is -2.50. The van der Waals surface area contributed by atoms with Crippen LogP contribution >= 0.6 is 11.8 Å². The van der Waals surface area contributed by atoms with Crippen LogP contribution in [0.2, 0.25) is 0 Å². The van der Waals surface area contributed by atoms with Crippen molar-refractivity contribution >= 4 is 23.6 Å². The van der Waals surface area contributed by atoms with Gasteiger partial charge in [-0.15, -0.1) is 0 Å². The van der Waals surface area contributed by atoms with Gasteiger partial charge in [0.05, 0.1) is 12.3 Å². The van der Waals surface area contributed by atoms with E-state index in [4.69, 9.17) is 0 Å². The molecule has 1 aliphatic heterocycles. The van der Waals surface area contributed by atoms with Gasteiger partial charge in [-0.2, -0.15) is 0 Å². The molecule has 2 heterocycles. The molecule has 0 spiro atoms. The zero-order valence-corrected chi connectivity index (χ0v) is 20.0. The van der Waals surface area contributed by atoms with Crippen LogP contribution in [0.4, 0.5) is 0 Å². The molecule has 0 radical (unpaired) electrons. The number of likely N-dealkylation sites (N-methyl/N-ethyl adjacent to an activating group) is 2. The minimum atomic E-state index is 0.120. The van der Waals surface area contributed by atoms with Crippen LogP contribution in [0.1, 0.15) is 18.4 Å². The second-order valence-corrected chi connectivity index (χ2v) is 9.48. The third-order valence-corrected chi connectivity index (χ3v) is 6.79. The van der Waals surface area contributed by atoms with E-state index in [1.54, 1.807) is 18.5 Å². The predicted molar refractivity (Wildman–Crippen MR) is 127 cm³/mol. The number of hydrogen-bond donors (Lipinski definition) is 0. The molecule has 3 rings (SSSR count). The first-order valence-corrected chi connectivity index (χ1v) is 12.0. The first-order valence-electron chi connectivity index (χ1n) is 11.1. The van der Waals surface area contributed by atoms with Crippen molar-refractivity contribution in [3.8, 4) is 0 Å². The third kappa shape index (κ3) is 7.03. The molecule has 0 bridgehead atoms. The van der Waals surface area contributed by atoms with Crippen LogP contribution in [-0.2, 0) is 16.0 Å². The van der Waals surface area contributed by atoms with Crippen molar-refractivity contribution in [3.05, 3.63) is 54.4 Å². The van der Waals surface area contributed by atoms with E-state index in [2.05, 4.69) is 22.1 Å². The zero-order valence-electron chi connectivity index (χ0n) is 19.2. The quantitative estimate of drug-likeness (QED) is 0.427. The fraction of sp³-hybridized carbons (Fsp3) is 0.500. The lowest BCUT2D eigenvalue weighted by molar-refractivity contribution is -0.135. The number of amides is 2. The van der Waals surface area contributed by atoms with Crippen molar-refractivity contribution in [1.29, 1.82) is 0 Å². The average Bonchev–Trinajstić information content (AvgIpc) is 2.81. The standard InChI is InChI=1S/C24H33N5O2S/c1-27(2)17-22(30)28(3)21(16-19-8-5-4-6-9-19)20-10-14-29(15-11-20)23(31)18-32-24-25-12-7-13-26-24/h4-9,12-13,20-21H,10-11,14-18H2,1-3H3/t21-/m0/s1. The molecule has 0 aliphatic carbocycles. The summed E-state index contributed by atoms with van der Waals surface area (Å²) in [6.45, 7) is 1.85. The van der Waals surface area contributed by atoms with Gasteiger partial charge in [-0.3, -0.25) is 9.59 Å². The van der Waals surface area contributed by atoms with Gasteiger partial charge in [0.15, 0.2) is 5.16 Å². The number of piperidine rings is 1. The summed E-state index contributed by atoms with van der Waals surface area (Å²) >= 11 is 1.37. The van der Waals surface area contributed by atoms with Crippen LogP contribution in [0.15, 0.2) is 53.9 Å². The Hall–Kier alpha value is -2.45. The molecule has 2 aromatic rings. The summed E-state index contributed by atoms with van der Waals surface area (Å²) in [7, 11) is 5.76. The number of carbonyl (C=O) groups is 2. The first-order chi connectivity index (χ1) is 15.4. The lowest BCUT2D eigenvalue weighted by Gasteiger charge is -2.40. The largest absolute Gasteiger partial charge is 0.342 e. The fourth-order valence-corrected chi connectivity index (χ4v) is 4.86. The molecular weight excluding hydrogens is 422 g/mol. The molecule has 7 nitrogen and oxygen atoms in total. The highest BCUT2D eigenvalue weighted by Crippen LogP contribution is 2.27. The minimum absolute atomic E-state index is 0.120. The maximum atomic E-state index is 12.8. The van der Waals surface area contributed by atoms with Gasteiger partial charge in [0, 0.05) is 38.6 Å². The summed E-state index contributed by atoms with van der Waals surface area (Å²) in [5.41, 5.74) is 1.24. The lowest BCUT2D eigenvalue weighted by atomic mass is 9.85. The molecule has 1 atom stereocenters. The predicted octanol–water partition coefficient (Wildman–Crippen LogP) is 2.44. The number of hydrogen-bond acceptors (Lipinski definition) is 6. The van der Waals surface area contributed by atoms with Crippen LogP contribution in [0.5, 0.6) is 0 Å². The SMILES string of the molecule is CN(C)CC(=O)N(C)[C@@H](Cc1ccccc1)C1CCN(C(=O)CSc2ncccn2)CC1. The van der Waals surface area contributed by atoms with E-state index in [-0.39, 0.29) is 17.9 Å².